The lowest BCUT2D eigenvalue weighted by Crippen LogP contribution is -2.20. The molecule has 0 bridgehead atoms. The van der Waals surface area contributed by atoms with E-state index in [9.17, 15) is 14.9 Å². The van der Waals surface area contributed by atoms with Gasteiger partial charge in [0.2, 0.25) is 0 Å². The molecule has 9 nitrogen and oxygen atoms in total. The predicted octanol–water partition coefficient (Wildman–Crippen LogP) is 4.56. The molecule has 3 aromatic rings. The third kappa shape index (κ3) is 4.32. The Hall–Kier alpha value is -3.14. The van der Waals surface area contributed by atoms with Crippen molar-refractivity contribution in [2.75, 3.05) is 5.73 Å². The molecule has 0 fully saturated rings. The van der Waals surface area contributed by atoms with Crippen molar-refractivity contribution < 1.29 is 14.1 Å². The largest absolute Gasteiger partial charge is 0.455 e. The van der Waals surface area contributed by atoms with Gasteiger partial charge in [0.15, 0.2) is 10.8 Å². The summed E-state index contributed by atoms with van der Waals surface area (Å²) in [6.45, 7) is 0. The molecule has 2 aromatic heterocycles. The molecule has 12 heteroatoms. The number of furan rings is 1. The van der Waals surface area contributed by atoms with Crippen molar-refractivity contribution in [3.8, 4) is 11.3 Å². The number of hydrazone groups is 1. The number of nitrogens with two attached hydrogens (primary N) is 1. The number of para-hydroxylation sites is 1. The fraction of sp³-hybridized carbons (Fsp3) is 0. The standard InChI is InChI=1S/C17H10Cl3N5O4/c18-12-14(21)13(19)16(20)23-15(12)17(26)24-22-7-8-5-6-11(29-8)9-3-1-2-4-10(9)25(27)28/h1-7H,(H2,21,23)(H,24,26)/b22-7+. The summed E-state index contributed by atoms with van der Waals surface area (Å²) in [7, 11) is 0. The van der Waals surface area contributed by atoms with Gasteiger partial charge in [-0.1, -0.05) is 46.9 Å². The molecule has 0 saturated heterocycles. The quantitative estimate of drug-likeness (QED) is 0.251. The van der Waals surface area contributed by atoms with Gasteiger partial charge in [-0.2, -0.15) is 5.10 Å². The second-order valence-electron chi connectivity index (χ2n) is 5.47. The zero-order valence-electron chi connectivity index (χ0n) is 14.2. The molecule has 148 valence electrons. The highest BCUT2D eigenvalue weighted by atomic mass is 35.5. The van der Waals surface area contributed by atoms with Gasteiger partial charge in [-0.15, -0.1) is 0 Å². The molecule has 0 unspecified atom stereocenters. The van der Waals surface area contributed by atoms with E-state index in [4.69, 9.17) is 45.0 Å². The van der Waals surface area contributed by atoms with Crippen molar-refractivity contribution in [3.63, 3.8) is 0 Å². The molecular formula is C17H10Cl3N5O4. The molecule has 3 rings (SSSR count). The van der Waals surface area contributed by atoms with Gasteiger partial charge in [-0.25, -0.2) is 10.4 Å². The molecule has 1 aromatic carbocycles. The number of nitro groups is 1. The zero-order valence-corrected chi connectivity index (χ0v) is 16.5. The second kappa shape index (κ2) is 8.48. The fourth-order valence-electron chi connectivity index (χ4n) is 2.30. The summed E-state index contributed by atoms with van der Waals surface area (Å²) in [5, 5.41) is 14.5. The third-order valence-corrected chi connectivity index (χ3v) is 4.77. The van der Waals surface area contributed by atoms with E-state index in [1.165, 1.54) is 18.3 Å². The first-order valence-electron chi connectivity index (χ1n) is 7.76. The highest BCUT2D eigenvalue weighted by molar-refractivity contribution is 6.46. The average Bonchev–Trinajstić information content (AvgIpc) is 3.17. The lowest BCUT2D eigenvalue weighted by molar-refractivity contribution is -0.384. The maximum absolute atomic E-state index is 12.2. The number of pyridine rings is 1. The first-order chi connectivity index (χ1) is 13.8. The topological polar surface area (TPSA) is 137 Å². The van der Waals surface area contributed by atoms with Crippen LogP contribution in [0, 0.1) is 10.1 Å². The summed E-state index contributed by atoms with van der Waals surface area (Å²) in [6, 6.07) is 9.21. The van der Waals surface area contributed by atoms with Crippen molar-refractivity contribution in [2.45, 2.75) is 0 Å². The monoisotopic (exact) mass is 453 g/mol. The number of nitrogen functional groups attached to an aromatic ring is 1. The first-order valence-corrected chi connectivity index (χ1v) is 8.90. The van der Waals surface area contributed by atoms with Crippen LogP contribution in [0.3, 0.4) is 0 Å². The van der Waals surface area contributed by atoms with Crippen LogP contribution in [0.4, 0.5) is 11.4 Å². The van der Waals surface area contributed by atoms with Crippen molar-refractivity contribution in [1.29, 1.82) is 0 Å². The minimum atomic E-state index is -0.776. The van der Waals surface area contributed by atoms with Gasteiger partial charge in [-0.05, 0) is 18.2 Å². The highest BCUT2D eigenvalue weighted by Crippen LogP contribution is 2.34. The highest BCUT2D eigenvalue weighted by Gasteiger charge is 2.20. The summed E-state index contributed by atoms with van der Waals surface area (Å²) in [5.74, 6) is -0.264. The normalized spacial score (nSPS) is 11.0. The number of aromatic nitrogens is 1. The van der Waals surface area contributed by atoms with E-state index in [-0.39, 0.29) is 43.8 Å². The van der Waals surface area contributed by atoms with Crippen molar-refractivity contribution >= 4 is 58.3 Å². The van der Waals surface area contributed by atoms with Gasteiger partial charge in [0, 0.05) is 6.07 Å². The summed E-state index contributed by atoms with van der Waals surface area (Å²) < 4.78 is 5.52. The van der Waals surface area contributed by atoms with Crippen molar-refractivity contribution in [2.24, 2.45) is 5.10 Å². The number of hydrogen-bond donors (Lipinski definition) is 2. The Morgan fingerprint density at radius 1 is 1.21 bits per heavy atom. The van der Waals surface area contributed by atoms with E-state index >= 15 is 0 Å². The number of halogens is 3. The number of hydrogen-bond acceptors (Lipinski definition) is 7. The maximum atomic E-state index is 12.2. The Labute approximate surface area is 178 Å². The smallest absolute Gasteiger partial charge is 0.291 e. The number of rotatable bonds is 5. The van der Waals surface area contributed by atoms with E-state index in [1.807, 2.05) is 0 Å². The van der Waals surface area contributed by atoms with Crippen LogP contribution in [0.5, 0.6) is 0 Å². The van der Waals surface area contributed by atoms with E-state index in [2.05, 4.69) is 15.5 Å². The van der Waals surface area contributed by atoms with Gasteiger partial charge in [-0.3, -0.25) is 14.9 Å². The number of carbonyl (C=O) groups is 1. The molecule has 0 spiro atoms. The van der Waals surface area contributed by atoms with Gasteiger partial charge < -0.3 is 10.2 Å². The Bertz CT molecular complexity index is 1150. The molecule has 0 radical (unpaired) electrons. The molecule has 29 heavy (non-hydrogen) atoms. The molecule has 0 aliphatic rings. The molecule has 0 aliphatic heterocycles. The van der Waals surface area contributed by atoms with Gasteiger partial charge in [0.25, 0.3) is 11.6 Å². The number of nitro benzene ring substituents is 1. The van der Waals surface area contributed by atoms with Crippen molar-refractivity contribution in [3.05, 3.63) is 73.2 Å². The summed E-state index contributed by atoms with van der Waals surface area (Å²) >= 11 is 17.6. The number of anilines is 1. The van der Waals surface area contributed by atoms with Crippen LogP contribution >= 0.6 is 34.8 Å². The summed E-state index contributed by atoms with van der Waals surface area (Å²) in [6.07, 6.45) is 1.20. The van der Waals surface area contributed by atoms with Crippen LogP contribution in [-0.4, -0.2) is 22.0 Å². The molecule has 0 aliphatic carbocycles. The number of carbonyl (C=O) groups excluding carboxylic acids is 1. The van der Waals surface area contributed by atoms with E-state index in [1.54, 1.807) is 24.3 Å². The van der Waals surface area contributed by atoms with Crippen LogP contribution in [0.1, 0.15) is 16.2 Å². The number of nitrogens with zero attached hydrogens (tertiary/aromatic N) is 3. The van der Waals surface area contributed by atoms with Crippen molar-refractivity contribution in [1.82, 2.24) is 10.4 Å². The van der Waals surface area contributed by atoms with E-state index in [0.29, 0.717) is 5.56 Å². The lowest BCUT2D eigenvalue weighted by Gasteiger charge is -2.07. The SMILES string of the molecule is Nc1c(Cl)c(Cl)nc(C(=O)N/N=C/c2ccc(-c3ccccc3[N+](=O)[O-])o2)c1Cl. The zero-order chi connectivity index (χ0) is 21.1. The molecule has 0 saturated carbocycles. The number of nitrogens with one attached hydrogen (secondary N) is 1. The molecular weight excluding hydrogens is 445 g/mol. The number of benzene rings is 1. The van der Waals surface area contributed by atoms with Crippen LogP contribution in [0.25, 0.3) is 11.3 Å². The number of amides is 1. The van der Waals surface area contributed by atoms with E-state index < -0.39 is 10.8 Å². The first kappa shape index (κ1) is 20.6. The Kier molecular flexibility index (Phi) is 6.02. The predicted molar refractivity (Wildman–Crippen MR) is 110 cm³/mol. The van der Waals surface area contributed by atoms with Gasteiger partial charge in [0.1, 0.15) is 16.5 Å². The minimum Gasteiger partial charge on any atom is -0.455 e. The molecule has 1 amide bonds. The second-order valence-corrected chi connectivity index (χ2v) is 6.58. The third-order valence-electron chi connectivity index (χ3n) is 3.64. The van der Waals surface area contributed by atoms with Gasteiger partial charge in [0.05, 0.1) is 27.4 Å². The Balaban J connectivity index is 1.76. The van der Waals surface area contributed by atoms with Crippen LogP contribution in [0.15, 0.2) is 45.9 Å². The Morgan fingerprint density at radius 2 is 1.93 bits per heavy atom. The van der Waals surface area contributed by atoms with E-state index in [0.717, 1.165) is 0 Å². The molecule has 3 N–H and O–H groups in total. The Morgan fingerprint density at radius 3 is 2.66 bits per heavy atom. The van der Waals surface area contributed by atoms with Crippen LogP contribution in [-0.2, 0) is 0 Å². The molecule has 2 heterocycles. The maximum Gasteiger partial charge on any atom is 0.291 e. The van der Waals surface area contributed by atoms with Gasteiger partial charge >= 0.3 is 0 Å². The summed E-state index contributed by atoms with van der Waals surface area (Å²) in [5.41, 5.74) is 7.74. The average molecular weight is 455 g/mol. The van der Waals surface area contributed by atoms with Crippen LogP contribution < -0.4 is 11.2 Å². The molecule has 0 atom stereocenters. The fourth-order valence-corrected chi connectivity index (χ4v) is 2.89. The minimum absolute atomic E-state index is 0.0603. The van der Waals surface area contributed by atoms with Crippen LogP contribution in [0.2, 0.25) is 15.2 Å². The lowest BCUT2D eigenvalue weighted by atomic mass is 10.1. The summed E-state index contributed by atoms with van der Waals surface area (Å²) in [4.78, 5) is 26.6.